The van der Waals surface area contributed by atoms with Crippen molar-refractivity contribution in [3.8, 4) is 5.75 Å². The van der Waals surface area contributed by atoms with Gasteiger partial charge in [-0.05, 0) is 80.4 Å². The summed E-state index contributed by atoms with van der Waals surface area (Å²) in [5.74, 6) is -1.04. The van der Waals surface area contributed by atoms with E-state index in [9.17, 15) is 22.4 Å². The van der Waals surface area contributed by atoms with Gasteiger partial charge in [0.1, 0.15) is 24.2 Å². The number of carbonyl (C=O) groups excluding carboxylic acids is 2. The van der Waals surface area contributed by atoms with Crippen LogP contribution >= 0.6 is 23.2 Å². The molecular formula is C30H34Cl2FN3O5S. The lowest BCUT2D eigenvalue weighted by molar-refractivity contribution is -0.139. The van der Waals surface area contributed by atoms with Gasteiger partial charge >= 0.3 is 0 Å². The van der Waals surface area contributed by atoms with Gasteiger partial charge in [-0.15, -0.1) is 0 Å². The van der Waals surface area contributed by atoms with Gasteiger partial charge in [0.05, 0.1) is 17.2 Å². The lowest BCUT2D eigenvalue weighted by Crippen LogP contribution is -2.51. The molecule has 12 heteroatoms. The molecule has 0 bridgehead atoms. The Bertz CT molecular complexity index is 1470. The van der Waals surface area contributed by atoms with Gasteiger partial charge in [-0.3, -0.25) is 13.9 Å². The predicted molar refractivity (Wildman–Crippen MR) is 163 cm³/mol. The van der Waals surface area contributed by atoms with Gasteiger partial charge in [-0.1, -0.05) is 43.1 Å². The zero-order chi connectivity index (χ0) is 31.0. The number of rotatable bonds is 13. The van der Waals surface area contributed by atoms with Crippen LogP contribution in [0.1, 0.15) is 33.3 Å². The molecule has 2 amide bonds. The molecule has 226 valence electrons. The van der Waals surface area contributed by atoms with Crippen molar-refractivity contribution in [1.82, 2.24) is 10.2 Å². The van der Waals surface area contributed by atoms with Crippen molar-refractivity contribution in [2.75, 3.05) is 24.0 Å². The Balaban J connectivity index is 2.05. The Labute approximate surface area is 256 Å². The molecule has 0 aromatic heterocycles. The van der Waals surface area contributed by atoms with Gasteiger partial charge in [-0.25, -0.2) is 12.8 Å². The predicted octanol–water partition coefficient (Wildman–Crippen LogP) is 5.92. The number of anilines is 1. The number of ether oxygens (including phenoxy) is 1. The van der Waals surface area contributed by atoms with Gasteiger partial charge < -0.3 is 15.0 Å². The maximum Gasteiger partial charge on any atom is 0.264 e. The second-order valence-electron chi connectivity index (χ2n) is 9.93. The topological polar surface area (TPSA) is 96.0 Å². The number of hydrogen-bond donors (Lipinski definition) is 1. The highest BCUT2D eigenvalue weighted by Crippen LogP contribution is 2.29. The summed E-state index contributed by atoms with van der Waals surface area (Å²) in [6.45, 7) is 7.21. The van der Waals surface area contributed by atoms with E-state index in [-0.39, 0.29) is 33.1 Å². The van der Waals surface area contributed by atoms with Crippen LogP contribution in [0.15, 0.2) is 71.6 Å². The maximum atomic E-state index is 14.0. The van der Waals surface area contributed by atoms with E-state index in [1.807, 2.05) is 20.8 Å². The van der Waals surface area contributed by atoms with Crippen LogP contribution in [-0.4, -0.2) is 50.9 Å². The molecule has 1 atom stereocenters. The first kappa shape index (κ1) is 33.2. The van der Waals surface area contributed by atoms with Gasteiger partial charge in [-0.2, -0.15) is 0 Å². The summed E-state index contributed by atoms with van der Waals surface area (Å²) in [7, 11) is -4.36. The zero-order valence-electron chi connectivity index (χ0n) is 23.8. The number of benzene rings is 3. The monoisotopic (exact) mass is 637 g/mol. The maximum absolute atomic E-state index is 14.0. The number of carbonyl (C=O) groups is 2. The van der Waals surface area contributed by atoms with E-state index in [1.165, 1.54) is 17.0 Å². The first-order chi connectivity index (χ1) is 19.8. The fourth-order valence-electron chi connectivity index (χ4n) is 4.03. The van der Waals surface area contributed by atoms with Crippen LogP contribution in [0.5, 0.6) is 5.75 Å². The Hall–Kier alpha value is -3.34. The summed E-state index contributed by atoms with van der Waals surface area (Å²) < 4.78 is 47.7. The summed E-state index contributed by atoms with van der Waals surface area (Å²) in [6, 6.07) is 14.4. The number of halogens is 3. The van der Waals surface area contributed by atoms with E-state index in [0.717, 1.165) is 28.6 Å². The van der Waals surface area contributed by atoms with Crippen LogP contribution in [-0.2, 0) is 26.2 Å². The molecule has 0 fully saturated rings. The molecule has 3 rings (SSSR count). The molecule has 8 nitrogen and oxygen atoms in total. The molecule has 3 aromatic carbocycles. The van der Waals surface area contributed by atoms with E-state index in [0.29, 0.717) is 24.5 Å². The highest BCUT2D eigenvalue weighted by Gasteiger charge is 2.33. The Morgan fingerprint density at radius 3 is 2.10 bits per heavy atom. The van der Waals surface area contributed by atoms with Crippen molar-refractivity contribution in [1.29, 1.82) is 0 Å². The second-order valence-corrected chi connectivity index (χ2v) is 12.6. The smallest absolute Gasteiger partial charge is 0.264 e. The summed E-state index contributed by atoms with van der Waals surface area (Å²) in [4.78, 5) is 28.1. The molecule has 0 heterocycles. The molecule has 0 saturated heterocycles. The van der Waals surface area contributed by atoms with Crippen LogP contribution in [0.3, 0.4) is 0 Å². The number of nitrogens with one attached hydrogen (secondary N) is 1. The second kappa shape index (κ2) is 14.7. The standard InChI is InChI=1S/C30H34Cl2FN3O5S/c1-5-41-24-13-11-23(12-14-24)36(42(39,40)25-15-9-22(33)10-16-25)19-29(37)35(21(4)30(38)34-17-20(2)3)18-26-27(31)7-6-8-28(26)32/h6-16,20-21H,5,17-19H2,1-4H3,(H,34,38)/t21-/m1/s1. The summed E-state index contributed by atoms with van der Waals surface area (Å²) in [5.41, 5.74) is 0.579. The summed E-state index contributed by atoms with van der Waals surface area (Å²) in [5, 5.41) is 3.40. The fourth-order valence-corrected chi connectivity index (χ4v) is 5.96. The first-order valence-electron chi connectivity index (χ1n) is 13.4. The first-order valence-corrected chi connectivity index (χ1v) is 15.6. The van der Waals surface area contributed by atoms with E-state index in [1.54, 1.807) is 37.3 Å². The lowest BCUT2D eigenvalue weighted by atomic mass is 10.1. The third kappa shape index (κ3) is 8.36. The molecule has 42 heavy (non-hydrogen) atoms. The van der Waals surface area contributed by atoms with Gasteiger partial charge in [0.25, 0.3) is 10.0 Å². The number of amides is 2. The molecule has 0 aliphatic rings. The minimum absolute atomic E-state index is 0.151. The van der Waals surface area contributed by atoms with Crippen molar-refractivity contribution >= 4 is 50.7 Å². The van der Waals surface area contributed by atoms with Crippen LogP contribution in [0.4, 0.5) is 10.1 Å². The molecule has 0 aliphatic carbocycles. The molecule has 3 aromatic rings. The van der Waals surface area contributed by atoms with Crippen LogP contribution in [0.25, 0.3) is 0 Å². The number of hydrogen-bond acceptors (Lipinski definition) is 5. The van der Waals surface area contributed by atoms with Gasteiger partial charge in [0.15, 0.2) is 0 Å². The summed E-state index contributed by atoms with van der Waals surface area (Å²) in [6.07, 6.45) is 0. The number of nitrogens with zero attached hydrogens (tertiary/aromatic N) is 2. The van der Waals surface area contributed by atoms with Crippen molar-refractivity contribution in [3.05, 3.63) is 88.2 Å². The molecule has 0 saturated carbocycles. The molecule has 0 unspecified atom stereocenters. The molecule has 0 spiro atoms. The van der Waals surface area contributed by atoms with Crippen molar-refractivity contribution in [2.24, 2.45) is 5.92 Å². The lowest BCUT2D eigenvalue weighted by Gasteiger charge is -2.32. The van der Waals surface area contributed by atoms with Crippen molar-refractivity contribution in [2.45, 2.75) is 45.2 Å². The van der Waals surface area contributed by atoms with E-state index >= 15 is 0 Å². The van der Waals surface area contributed by atoms with E-state index in [2.05, 4.69) is 5.32 Å². The van der Waals surface area contributed by atoms with Crippen LogP contribution < -0.4 is 14.4 Å². The highest BCUT2D eigenvalue weighted by atomic mass is 35.5. The number of sulfonamides is 1. The van der Waals surface area contributed by atoms with Crippen molar-refractivity contribution in [3.63, 3.8) is 0 Å². The van der Waals surface area contributed by atoms with Crippen LogP contribution in [0, 0.1) is 11.7 Å². The van der Waals surface area contributed by atoms with Gasteiger partial charge in [0, 0.05) is 28.7 Å². The Morgan fingerprint density at radius 2 is 1.55 bits per heavy atom. The molecule has 0 radical (unpaired) electrons. The summed E-state index contributed by atoms with van der Waals surface area (Å²) >= 11 is 12.8. The SMILES string of the molecule is CCOc1ccc(N(CC(=O)N(Cc2c(Cl)cccc2Cl)[C@H](C)C(=O)NCC(C)C)S(=O)(=O)c2ccc(F)cc2)cc1. The molecular weight excluding hydrogens is 604 g/mol. The average molecular weight is 639 g/mol. The minimum atomic E-state index is -4.36. The zero-order valence-corrected chi connectivity index (χ0v) is 26.1. The third-order valence-electron chi connectivity index (χ3n) is 6.36. The van der Waals surface area contributed by atoms with E-state index in [4.69, 9.17) is 27.9 Å². The Morgan fingerprint density at radius 1 is 0.952 bits per heavy atom. The normalized spacial score (nSPS) is 12.1. The molecule has 1 N–H and O–H groups in total. The average Bonchev–Trinajstić information content (AvgIpc) is 2.95. The quantitative estimate of drug-likeness (QED) is 0.251. The van der Waals surface area contributed by atoms with Crippen molar-refractivity contribution < 1.29 is 27.1 Å². The van der Waals surface area contributed by atoms with E-state index < -0.39 is 40.2 Å². The largest absolute Gasteiger partial charge is 0.494 e. The van der Waals surface area contributed by atoms with Gasteiger partial charge in [0.2, 0.25) is 11.8 Å². The molecule has 0 aliphatic heterocycles. The third-order valence-corrected chi connectivity index (χ3v) is 8.85. The van der Waals surface area contributed by atoms with Crippen LogP contribution in [0.2, 0.25) is 10.0 Å². The minimum Gasteiger partial charge on any atom is -0.494 e. The Kier molecular flexibility index (Phi) is 11.6. The highest BCUT2D eigenvalue weighted by molar-refractivity contribution is 7.92. The fraction of sp³-hybridized carbons (Fsp3) is 0.333.